The lowest BCUT2D eigenvalue weighted by Crippen LogP contribution is -2.42. The first-order valence-corrected chi connectivity index (χ1v) is 13.4. The van der Waals surface area contributed by atoms with Crippen LogP contribution in [0, 0.1) is 12.8 Å². The molecule has 1 aliphatic carbocycles. The molecule has 0 spiro atoms. The fraction of sp³-hybridized carbons (Fsp3) is 0.517. The number of hydrogen-bond acceptors (Lipinski definition) is 6. The lowest BCUT2D eigenvalue weighted by molar-refractivity contribution is 0.0646. The Morgan fingerprint density at radius 1 is 1.22 bits per heavy atom. The minimum absolute atomic E-state index is 0.0781. The van der Waals surface area contributed by atoms with Crippen molar-refractivity contribution in [2.45, 2.75) is 58.5 Å². The second-order valence-corrected chi connectivity index (χ2v) is 10.3. The second kappa shape index (κ2) is 10.9. The van der Waals surface area contributed by atoms with E-state index < -0.39 is 0 Å². The van der Waals surface area contributed by atoms with Gasteiger partial charge in [-0.05, 0) is 62.9 Å². The third kappa shape index (κ3) is 5.36. The number of nitrogens with one attached hydrogen (secondary N) is 1. The lowest BCUT2D eigenvalue weighted by Gasteiger charge is -2.31. The van der Waals surface area contributed by atoms with Crippen molar-refractivity contribution in [3.05, 3.63) is 53.1 Å². The molecule has 2 heterocycles. The summed E-state index contributed by atoms with van der Waals surface area (Å²) >= 11 is 0. The zero-order valence-electron chi connectivity index (χ0n) is 21.8. The molecule has 1 amide bonds. The van der Waals surface area contributed by atoms with Crippen LogP contribution >= 0.6 is 0 Å². The Morgan fingerprint density at radius 3 is 2.78 bits per heavy atom. The minimum Gasteiger partial charge on any atom is -0.493 e. The molecule has 1 unspecified atom stereocenters. The van der Waals surface area contributed by atoms with Crippen LogP contribution in [0.1, 0.15) is 60.5 Å². The Balaban J connectivity index is 1.38. The highest BCUT2D eigenvalue weighted by Gasteiger charge is 2.32. The van der Waals surface area contributed by atoms with Gasteiger partial charge < -0.3 is 24.3 Å². The van der Waals surface area contributed by atoms with E-state index in [4.69, 9.17) is 9.15 Å². The van der Waals surface area contributed by atoms with Crippen molar-refractivity contribution in [1.82, 2.24) is 14.8 Å². The highest BCUT2D eigenvalue weighted by atomic mass is 16.5. The normalized spacial score (nSPS) is 18.7. The summed E-state index contributed by atoms with van der Waals surface area (Å²) < 4.78 is 11.6. The quantitative estimate of drug-likeness (QED) is 0.428. The van der Waals surface area contributed by atoms with E-state index >= 15 is 0 Å². The largest absolute Gasteiger partial charge is 0.493 e. The van der Waals surface area contributed by atoms with Gasteiger partial charge in [-0.15, -0.1) is 0 Å². The van der Waals surface area contributed by atoms with Crippen molar-refractivity contribution in [2.75, 3.05) is 38.6 Å². The van der Waals surface area contributed by atoms with Gasteiger partial charge in [-0.2, -0.15) is 4.98 Å². The van der Waals surface area contributed by atoms with Crippen molar-refractivity contribution in [1.29, 1.82) is 0 Å². The molecule has 192 valence electrons. The first kappa shape index (κ1) is 24.6. The molecule has 0 bridgehead atoms. The van der Waals surface area contributed by atoms with Gasteiger partial charge in [-0.3, -0.25) is 4.79 Å². The standard InChI is InChI=1S/C29H38N4O3/c1-4-32-13-12-22(18-32)19-33(24-10-5-6-11-24)28(34)23-15-25-27(26(16-23)35-3)36-29(31-25)30-17-21-9-7-8-20(2)14-21/h7-9,14-16,22,24H,4-6,10-13,17-19H2,1-3H3,(H,30,31). The molecule has 1 atom stereocenters. The van der Waals surface area contributed by atoms with Crippen LogP contribution in [0.3, 0.4) is 0 Å². The molecule has 1 saturated carbocycles. The molecule has 0 radical (unpaired) electrons. The van der Waals surface area contributed by atoms with Crippen LogP contribution in [-0.2, 0) is 6.54 Å². The van der Waals surface area contributed by atoms with Crippen molar-refractivity contribution in [3.8, 4) is 5.75 Å². The summed E-state index contributed by atoms with van der Waals surface area (Å²) in [7, 11) is 1.61. The SMILES string of the molecule is CCN1CCC(CN(C(=O)c2cc(OC)c3oc(NCc4cccc(C)c4)nc3c2)C2CCCC2)C1. The van der Waals surface area contributed by atoms with E-state index in [2.05, 4.69) is 52.1 Å². The topological polar surface area (TPSA) is 70.8 Å². The Labute approximate surface area is 213 Å². The van der Waals surface area contributed by atoms with Crippen LogP contribution in [0.25, 0.3) is 11.1 Å². The van der Waals surface area contributed by atoms with E-state index in [0.717, 1.165) is 51.0 Å². The average Bonchev–Trinajstić information content (AvgIpc) is 3.65. The predicted molar refractivity (Wildman–Crippen MR) is 143 cm³/mol. The number of benzene rings is 2. The Kier molecular flexibility index (Phi) is 7.46. The molecule has 1 N–H and O–H groups in total. The first-order chi connectivity index (χ1) is 17.5. The Bertz CT molecular complexity index is 1200. The number of carbonyl (C=O) groups excluding carboxylic acids is 1. The fourth-order valence-electron chi connectivity index (χ4n) is 5.76. The summed E-state index contributed by atoms with van der Waals surface area (Å²) in [6, 6.07) is 12.7. The lowest BCUT2D eigenvalue weighted by atomic mass is 10.0. The molecule has 3 aromatic rings. The number of anilines is 1. The third-order valence-corrected chi connectivity index (χ3v) is 7.75. The molecule has 7 heteroatoms. The maximum absolute atomic E-state index is 13.9. The van der Waals surface area contributed by atoms with Crippen LogP contribution in [0.2, 0.25) is 0 Å². The summed E-state index contributed by atoms with van der Waals surface area (Å²) in [4.78, 5) is 23.2. The van der Waals surface area contributed by atoms with Crippen molar-refractivity contribution < 1.29 is 13.9 Å². The van der Waals surface area contributed by atoms with Crippen LogP contribution in [0.4, 0.5) is 6.01 Å². The van der Waals surface area contributed by atoms with Crippen LogP contribution < -0.4 is 10.1 Å². The predicted octanol–water partition coefficient (Wildman–Crippen LogP) is 5.48. The smallest absolute Gasteiger partial charge is 0.296 e. The molecule has 1 saturated heterocycles. The van der Waals surface area contributed by atoms with E-state index in [1.807, 2.05) is 18.2 Å². The second-order valence-electron chi connectivity index (χ2n) is 10.3. The molecule has 2 aliphatic rings. The van der Waals surface area contributed by atoms with Gasteiger partial charge in [0.05, 0.1) is 7.11 Å². The van der Waals surface area contributed by atoms with Gasteiger partial charge in [0.2, 0.25) is 0 Å². The Morgan fingerprint density at radius 2 is 2.06 bits per heavy atom. The van der Waals surface area contributed by atoms with E-state index in [0.29, 0.717) is 46.9 Å². The maximum atomic E-state index is 13.9. The summed E-state index contributed by atoms with van der Waals surface area (Å²) in [5.41, 5.74) is 4.18. The summed E-state index contributed by atoms with van der Waals surface area (Å²) in [5.74, 6) is 1.15. The number of hydrogen-bond donors (Lipinski definition) is 1. The zero-order chi connectivity index (χ0) is 25.1. The number of carbonyl (C=O) groups is 1. The molecular weight excluding hydrogens is 452 g/mol. The minimum atomic E-state index is 0.0781. The van der Waals surface area contributed by atoms with Crippen molar-refractivity contribution in [2.24, 2.45) is 5.92 Å². The molecule has 36 heavy (non-hydrogen) atoms. The number of fused-ring (bicyclic) bond motifs is 1. The van der Waals surface area contributed by atoms with Gasteiger partial charge in [0.25, 0.3) is 11.9 Å². The Hall–Kier alpha value is -3.06. The zero-order valence-corrected chi connectivity index (χ0v) is 21.8. The van der Waals surface area contributed by atoms with Crippen LogP contribution in [0.15, 0.2) is 40.8 Å². The number of aryl methyl sites for hydroxylation is 1. The van der Waals surface area contributed by atoms with Gasteiger partial charge in [0.15, 0.2) is 11.3 Å². The number of likely N-dealkylation sites (tertiary alicyclic amines) is 1. The number of oxazole rings is 1. The number of amides is 1. The van der Waals surface area contributed by atoms with Crippen LogP contribution in [0.5, 0.6) is 5.75 Å². The van der Waals surface area contributed by atoms with E-state index in [1.54, 1.807) is 7.11 Å². The number of ether oxygens (including phenoxy) is 1. The molecule has 2 fully saturated rings. The summed E-state index contributed by atoms with van der Waals surface area (Å²) in [5, 5.41) is 3.27. The van der Waals surface area contributed by atoms with Crippen molar-refractivity contribution in [3.63, 3.8) is 0 Å². The molecule has 1 aromatic heterocycles. The van der Waals surface area contributed by atoms with Crippen LogP contribution in [-0.4, -0.2) is 60.0 Å². The highest BCUT2D eigenvalue weighted by molar-refractivity contribution is 5.99. The highest BCUT2D eigenvalue weighted by Crippen LogP contribution is 2.33. The molecule has 2 aromatic carbocycles. The van der Waals surface area contributed by atoms with Crippen molar-refractivity contribution >= 4 is 23.0 Å². The number of methoxy groups -OCH3 is 1. The molecular formula is C29H38N4O3. The first-order valence-electron chi connectivity index (χ1n) is 13.4. The average molecular weight is 491 g/mol. The number of aromatic nitrogens is 1. The summed E-state index contributed by atoms with van der Waals surface area (Å²) in [6.45, 7) is 9.00. The van der Waals surface area contributed by atoms with Gasteiger partial charge >= 0.3 is 0 Å². The summed E-state index contributed by atoms with van der Waals surface area (Å²) in [6.07, 6.45) is 5.73. The van der Waals surface area contributed by atoms with Gasteiger partial charge in [-0.25, -0.2) is 0 Å². The van der Waals surface area contributed by atoms with Gasteiger partial charge in [0.1, 0.15) is 5.52 Å². The fourth-order valence-corrected chi connectivity index (χ4v) is 5.76. The van der Waals surface area contributed by atoms with E-state index in [9.17, 15) is 4.79 Å². The van der Waals surface area contributed by atoms with Gasteiger partial charge in [0, 0.05) is 31.2 Å². The molecule has 5 rings (SSSR count). The number of rotatable bonds is 9. The van der Waals surface area contributed by atoms with E-state index in [1.165, 1.54) is 18.4 Å². The molecule has 1 aliphatic heterocycles. The van der Waals surface area contributed by atoms with E-state index in [-0.39, 0.29) is 5.91 Å². The maximum Gasteiger partial charge on any atom is 0.296 e. The van der Waals surface area contributed by atoms with Gasteiger partial charge in [-0.1, -0.05) is 49.6 Å². The molecule has 7 nitrogen and oxygen atoms in total. The number of nitrogens with zero attached hydrogens (tertiary/aromatic N) is 3. The monoisotopic (exact) mass is 490 g/mol. The third-order valence-electron chi connectivity index (χ3n) is 7.75.